The highest BCUT2D eigenvalue weighted by Gasteiger charge is 2.34. The number of rotatable bonds is 9. The Hall–Kier alpha value is -3.07. The van der Waals surface area contributed by atoms with Gasteiger partial charge in [-0.3, -0.25) is 9.59 Å². The molecule has 0 N–H and O–H groups in total. The molecular formula is C28H30N2O5S. The summed E-state index contributed by atoms with van der Waals surface area (Å²) < 4.78 is 32.8. The largest absolute Gasteiger partial charge is 0.385 e. The molecule has 3 aromatic carbocycles. The Morgan fingerprint density at radius 2 is 1.86 bits per heavy atom. The number of methoxy groups -OCH3 is 1. The van der Waals surface area contributed by atoms with E-state index in [1.54, 1.807) is 42.3 Å². The second-order valence-electron chi connectivity index (χ2n) is 9.43. The van der Waals surface area contributed by atoms with Crippen LogP contribution in [-0.2, 0) is 26.0 Å². The van der Waals surface area contributed by atoms with Gasteiger partial charge in [0.2, 0.25) is 10.0 Å². The van der Waals surface area contributed by atoms with Gasteiger partial charge in [-0.15, -0.1) is 0 Å². The van der Waals surface area contributed by atoms with Gasteiger partial charge in [0.05, 0.1) is 10.6 Å². The third-order valence-electron chi connectivity index (χ3n) is 7.19. The maximum atomic E-state index is 13.4. The molecule has 7 nitrogen and oxygen atoms in total. The van der Waals surface area contributed by atoms with Crippen molar-refractivity contribution in [1.29, 1.82) is 0 Å². The summed E-state index contributed by atoms with van der Waals surface area (Å²) in [6.07, 6.45) is 2.27. The summed E-state index contributed by atoms with van der Waals surface area (Å²) in [4.78, 5) is 28.5. The minimum atomic E-state index is -3.63. The van der Waals surface area contributed by atoms with E-state index in [9.17, 15) is 18.0 Å². The number of amides is 1. The highest BCUT2D eigenvalue weighted by molar-refractivity contribution is 7.89. The molecule has 3 aromatic rings. The third-order valence-corrected chi connectivity index (χ3v) is 9.07. The molecule has 1 unspecified atom stereocenters. The summed E-state index contributed by atoms with van der Waals surface area (Å²) in [7, 11) is -1.99. The van der Waals surface area contributed by atoms with Crippen LogP contribution in [0.1, 0.15) is 35.2 Å². The van der Waals surface area contributed by atoms with E-state index in [2.05, 4.69) is 0 Å². The summed E-state index contributed by atoms with van der Waals surface area (Å²) in [5.74, 6) is -0.346. The molecule has 1 fully saturated rings. The predicted octanol–water partition coefficient (Wildman–Crippen LogP) is 4.05. The molecule has 1 atom stereocenters. The minimum Gasteiger partial charge on any atom is -0.385 e. The van der Waals surface area contributed by atoms with Crippen LogP contribution in [0.4, 0.5) is 5.69 Å². The van der Waals surface area contributed by atoms with Crippen molar-refractivity contribution in [2.24, 2.45) is 5.92 Å². The van der Waals surface area contributed by atoms with Gasteiger partial charge in [0, 0.05) is 56.6 Å². The average molecular weight is 507 g/mol. The van der Waals surface area contributed by atoms with E-state index in [0.29, 0.717) is 38.1 Å². The van der Waals surface area contributed by atoms with E-state index in [4.69, 9.17) is 4.74 Å². The van der Waals surface area contributed by atoms with E-state index in [-0.39, 0.29) is 35.5 Å². The van der Waals surface area contributed by atoms with Crippen LogP contribution in [0, 0.1) is 5.92 Å². The van der Waals surface area contributed by atoms with Crippen LogP contribution >= 0.6 is 0 Å². The second kappa shape index (κ2) is 10.1. The normalized spacial score (nSPS) is 18.2. The van der Waals surface area contributed by atoms with Gasteiger partial charge in [0.15, 0.2) is 0 Å². The number of hydrogen-bond donors (Lipinski definition) is 0. The molecule has 5 rings (SSSR count). The van der Waals surface area contributed by atoms with Crippen molar-refractivity contribution in [3.8, 4) is 0 Å². The van der Waals surface area contributed by atoms with Crippen LogP contribution in [-0.4, -0.2) is 57.8 Å². The number of carbonyl (C=O) groups excluding carboxylic acids is 2. The first kappa shape index (κ1) is 24.6. The Morgan fingerprint density at radius 1 is 1.06 bits per heavy atom. The third kappa shape index (κ3) is 4.45. The number of hydrogen-bond acceptors (Lipinski definition) is 5. The molecule has 36 heavy (non-hydrogen) atoms. The second-order valence-corrected chi connectivity index (χ2v) is 11.4. The number of anilines is 1. The van der Waals surface area contributed by atoms with Crippen molar-refractivity contribution in [2.45, 2.75) is 30.6 Å². The molecule has 0 saturated carbocycles. The summed E-state index contributed by atoms with van der Waals surface area (Å²) in [6.45, 7) is 1.77. The van der Waals surface area contributed by atoms with Crippen LogP contribution in [0.3, 0.4) is 0 Å². The van der Waals surface area contributed by atoms with Crippen LogP contribution in [0.5, 0.6) is 0 Å². The number of ether oxygens (including phenoxy) is 1. The van der Waals surface area contributed by atoms with Gasteiger partial charge in [-0.05, 0) is 54.5 Å². The Balaban J connectivity index is 1.37. The summed E-state index contributed by atoms with van der Waals surface area (Å²) in [5, 5.41) is 1.80. The van der Waals surface area contributed by atoms with Crippen LogP contribution < -0.4 is 4.90 Å². The van der Waals surface area contributed by atoms with Crippen molar-refractivity contribution < 1.29 is 22.7 Å². The van der Waals surface area contributed by atoms with E-state index in [1.807, 2.05) is 30.3 Å². The molecule has 0 aliphatic carbocycles. The Bertz CT molecular complexity index is 1400. The first-order valence-electron chi connectivity index (χ1n) is 12.3. The first-order valence-corrected chi connectivity index (χ1v) is 13.8. The highest BCUT2D eigenvalue weighted by atomic mass is 32.2. The number of piperidine rings is 1. The lowest BCUT2D eigenvalue weighted by atomic mass is 9.89. The first-order chi connectivity index (χ1) is 17.4. The lowest BCUT2D eigenvalue weighted by Crippen LogP contribution is -2.42. The Kier molecular flexibility index (Phi) is 6.92. The lowest BCUT2D eigenvalue weighted by molar-refractivity contribution is -0.123. The van der Waals surface area contributed by atoms with Gasteiger partial charge in [-0.2, -0.15) is 4.31 Å². The number of sulfonamides is 1. The van der Waals surface area contributed by atoms with Crippen LogP contribution in [0.15, 0.2) is 65.6 Å². The smallest absolute Gasteiger partial charge is 0.258 e. The number of Topliss-reactive ketones (excluding diaryl/α,β-unsaturated/α-hetero) is 1. The fourth-order valence-corrected chi connectivity index (χ4v) is 6.89. The maximum Gasteiger partial charge on any atom is 0.258 e. The van der Waals surface area contributed by atoms with Gasteiger partial charge >= 0.3 is 0 Å². The fourth-order valence-electron chi connectivity index (χ4n) is 5.35. The Morgan fingerprint density at radius 3 is 2.64 bits per heavy atom. The standard InChI is InChI=1S/C28H30N2O5S/c1-35-17-7-16-30-25-14-13-20(23-11-5-12-24(27(23)25)28(30)32)18-26(31)21-8-6-15-29(19-21)36(33,34)22-9-3-2-4-10-22/h2-5,9-14,21H,6-8,15-19H2,1H3. The van der Waals surface area contributed by atoms with Gasteiger partial charge in [-0.25, -0.2) is 8.42 Å². The predicted molar refractivity (Wildman–Crippen MR) is 139 cm³/mol. The highest BCUT2D eigenvalue weighted by Crippen LogP contribution is 2.39. The van der Waals surface area contributed by atoms with Crippen molar-refractivity contribution in [3.05, 3.63) is 71.8 Å². The number of benzene rings is 3. The van der Waals surface area contributed by atoms with Crippen molar-refractivity contribution >= 4 is 38.2 Å². The average Bonchev–Trinajstić information content (AvgIpc) is 3.18. The van der Waals surface area contributed by atoms with Crippen molar-refractivity contribution in [1.82, 2.24) is 4.31 Å². The van der Waals surface area contributed by atoms with E-state index in [1.165, 1.54) is 4.31 Å². The molecule has 2 heterocycles. The lowest BCUT2D eigenvalue weighted by Gasteiger charge is -2.31. The van der Waals surface area contributed by atoms with Gasteiger partial charge in [0.1, 0.15) is 5.78 Å². The topological polar surface area (TPSA) is 84.0 Å². The number of ketones is 1. The zero-order valence-corrected chi connectivity index (χ0v) is 21.2. The number of nitrogens with zero attached hydrogens (tertiary/aromatic N) is 2. The summed E-state index contributed by atoms with van der Waals surface area (Å²) in [5.41, 5.74) is 2.40. The summed E-state index contributed by atoms with van der Waals surface area (Å²) >= 11 is 0. The van der Waals surface area contributed by atoms with Gasteiger partial charge < -0.3 is 9.64 Å². The monoisotopic (exact) mass is 506 g/mol. The van der Waals surface area contributed by atoms with E-state index >= 15 is 0 Å². The van der Waals surface area contributed by atoms with E-state index < -0.39 is 10.0 Å². The van der Waals surface area contributed by atoms with Crippen molar-refractivity contribution in [3.63, 3.8) is 0 Å². The molecule has 0 radical (unpaired) electrons. The molecule has 2 aliphatic rings. The van der Waals surface area contributed by atoms with E-state index in [0.717, 1.165) is 28.4 Å². The molecule has 1 saturated heterocycles. The Labute approximate surface area is 211 Å². The molecule has 2 aliphatic heterocycles. The van der Waals surface area contributed by atoms with Crippen LogP contribution in [0.2, 0.25) is 0 Å². The zero-order chi connectivity index (χ0) is 25.3. The molecule has 1 amide bonds. The summed E-state index contributed by atoms with van der Waals surface area (Å²) in [6, 6.07) is 17.9. The SMILES string of the molecule is COCCCN1C(=O)c2cccc3c(CC(=O)C4CCCN(S(=O)(=O)c5ccccc5)C4)ccc1c23. The van der Waals surface area contributed by atoms with Gasteiger partial charge in [-0.1, -0.05) is 36.4 Å². The molecule has 0 aromatic heterocycles. The quantitative estimate of drug-likeness (QED) is 0.409. The maximum absolute atomic E-state index is 13.4. The molecule has 0 bridgehead atoms. The molecule has 0 spiro atoms. The minimum absolute atomic E-state index is 0.0239. The number of carbonyl (C=O) groups is 2. The molecule has 8 heteroatoms. The molecular weight excluding hydrogens is 476 g/mol. The molecule has 188 valence electrons. The van der Waals surface area contributed by atoms with Crippen molar-refractivity contribution in [2.75, 3.05) is 38.3 Å². The van der Waals surface area contributed by atoms with Crippen LogP contribution in [0.25, 0.3) is 10.8 Å². The zero-order valence-electron chi connectivity index (χ0n) is 20.4. The van der Waals surface area contributed by atoms with Gasteiger partial charge in [0.25, 0.3) is 5.91 Å². The fraction of sp³-hybridized carbons (Fsp3) is 0.357.